The van der Waals surface area contributed by atoms with E-state index in [2.05, 4.69) is 10.6 Å². The highest BCUT2D eigenvalue weighted by molar-refractivity contribution is 6.30. The Labute approximate surface area is 163 Å². The molecule has 0 aliphatic carbocycles. The zero-order valence-electron chi connectivity index (χ0n) is 15.8. The first-order chi connectivity index (χ1) is 12.8. The molecule has 0 heterocycles. The molecule has 2 rings (SSSR count). The summed E-state index contributed by atoms with van der Waals surface area (Å²) in [4.78, 5) is 24.2. The third-order valence-corrected chi connectivity index (χ3v) is 3.91. The quantitative estimate of drug-likeness (QED) is 0.753. The number of halogens is 1. The number of hydrogen-bond donors (Lipinski definition) is 2. The zero-order chi connectivity index (χ0) is 20.0. The number of anilines is 1. The van der Waals surface area contributed by atoms with E-state index < -0.39 is 0 Å². The van der Waals surface area contributed by atoms with E-state index in [0.717, 1.165) is 5.56 Å². The fourth-order valence-electron chi connectivity index (χ4n) is 2.40. The summed E-state index contributed by atoms with van der Waals surface area (Å²) >= 11 is 5.94. The molecule has 0 aliphatic heterocycles. The summed E-state index contributed by atoms with van der Waals surface area (Å²) in [5.74, 6) is 0.235. The van der Waals surface area contributed by atoms with Gasteiger partial charge in [0.15, 0.2) is 18.1 Å². The normalized spacial score (nSPS) is 10.4. The molecule has 0 spiro atoms. The van der Waals surface area contributed by atoms with E-state index in [4.69, 9.17) is 21.1 Å². The van der Waals surface area contributed by atoms with Crippen LogP contribution in [0.4, 0.5) is 5.69 Å². The lowest BCUT2D eigenvalue weighted by Gasteiger charge is -2.14. The van der Waals surface area contributed by atoms with Crippen LogP contribution in [0.2, 0.25) is 5.02 Å². The van der Waals surface area contributed by atoms with E-state index in [9.17, 15) is 9.59 Å². The minimum atomic E-state index is -0.289. The number of benzene rings is 2. The Balaban J connectivity index is 2.10. The van der Waals surface area contributed by atoms with Gasteiger partial charge in [0.2, 0.25) is 0 Å². The molecular weight excluding hydrogens is 368 g/mol. The lowest BCUT2D eigenvalue weighted by molar-refractivity contribution is -0.123. The molecule has 0 atom stereocenters. The molecule has 0 fully saturated rings. The van der Waals surface area contributed by atoms with Crippen LogP contribution < -0.4 is 20.1 Å². The number of carbonyl (C=O) groups excluding carboxylic acids is 2. The van der Waals surface area contributed by atoms with Gasteiger partial charge in [-0.15, -0.1) is 0 Å². The number of rotatable bonds is 7. The molecule has 144 valence electrons. The van der Waals surface area contributed by atoms with Gasteiger partial charge in [0.1, 0.15) is 0 Å². The Kier molecular flexibility index (Phi) is 7.07. The minimum Gasteiger partial charge on any atom is -0.493 e. The minimum absolute atomic E-state index is 0.0328. The van der Waals surface area contributed by atoms with Crippen LogP contribution in [-0.2, 0) is 4.79 Å². The molecule has 0 radical (unpaired) electrons. The molecule has 0 unspecified atom stereocenters. The topological polar surface area (TPSA) is 76.7 Å². The summed E-state index contributed by atoms with van der Waals surface area (Å²) in [7, 11) is 1.47. The molecule has 6 nitrogen and oxygen atoms in total. The maximum atomic E-state index is 12.5. The number of methoxy groups -OCH3 is 1. The number of aryl methyl sites for hydroxylation is 1. The predicted octanol–water partition coefficient (Wildman–Crippen LogP) is 3.81. The third-order valence-electron chi connectivity index (χ3n) is 3.67. The van der Waals surface area contributed by atoms with Crippen LogP contribution in [0.15, 0.2) is 36.4 Å². The van der Waals surface area contributed by atoms with Crippen molar-refractivity contribution >= 4 is 29.1 Å². The second kappa shape index (κ2) is 9.28. The smallest absolute Gasteiger partial charge is 0.258 e. The maximum Gasteiger partial charge on any atom is 0.258 e. The van der Waals surface area contributed by atoms with Gasteiger partial charge in [0, 0.05) is 22.3 Å². The van der Waals surface area contributed by atoms with Crippen molar-refractivity contribution in [1.82, 2.24) is 5.32 Å². The van der Waals surface area contributed by atoms with Crippen LogP contribution in [0.25, 0.3) is 0 Å². The summed E-state index contributed by atoms with van der Waals surface area (Å²) in [5, 5.41) is 6.18. The summed E-state index contributed by atoms with van der Waals surface area (Å²) in [6.07, 6.45) is 0. The fraction of sp³-hybridized carbons (Fsp3) is 0.300. The van der Waals surface area contributed by atoms with Crippen molar-refractivity contribution in [2.45, 2.75) is 26.8 Å². The highest BCUT2D eigenvalue weighted by Crippen LogP contribution is 2.29. The molecule has 0 aromatic heterocycles. The lowest BCUT2D eigenvalue weighted by atomic mass is 10.1. The third kappa shape index (κ3) is 5.89. The van der Waals surface area contributed by atoms with Gasteiger partial charge in [-0.25, -0.2) is 0 Å². The Morgan fingerprint density at radius 3 is 2.48 bits per heavy atom. The molecule has 0 saturated heterocycles. The van der Waals surface area contributed by atoms with Gasteiger partial charge < -0.3 is 20.1 Å². The highest BCUT2D eigenvalue weighted by atomic mass is 35.5. The molecule has 0 bridgehead atoms. The molecule has 2 amide bonds. The average molecular weight is 391 g/mol. The summed E-state index contributed by atoms with van der Waals surface area (Å²) in [5.41, 5.74) is 1.94. The number of nitrogens with one attached hydrogen (secondary N) is 2. The Hall–Kier alpha value is -2.73. The highest BCUT2D eigenvalue weighted by Gasteiger charge is 2.14. The van der Waals surface area contributed by atoms with Gasteiger partial charge in [-0.1, -0.05) is 11.6 Å². The average Bonchev–Trinajstić information content (AvgIpc) is 2.61. The maximum absolute atomic E-state index is 12.5. The van der Waals surface area contributed by atoms with Crippen molar-refractivity contribution in [2.24, 2.45) is 0 Å². The first-order valence-corrected chi connectivity index (χ1v) is 8.85. The van der Waals surface area contributed by atoms with E-state index in [-0.39, 0.29) is 24.5 Å². The molecule has 27 heavy (non-hydrogen) atoms. The molecule has 2 aromatic carbocycles. The van der Waals surface area contributed by atoms with Gasteiger partial charge >= 0.3 is 0 Å². The van der Waals surface area contributed by atoms with Crippen LogP contribution in [0.5, 0.6) is 11.5 Å². The lowest BCUT2D eigenvalue weighted by Crippen LogP contribution is -2.34. The van der Waals surface area contributed by atoms with Crippen molar-refractivity contribution in [3.05, 3.63) is 52.5 Å². The monoisotopic (exact) mass is 390 g/mol. The first-order valence-electron chi connectivity index (χ1n) is 8.48. The zero-order valence-corrected chi connectivity index (χ0v) is 16.5. The molecule has 0 saturated carbocycles. The second-order valence-electron chi connectivity index (χ2n) is 6.29. The predicted molar refractivity (Wildman–Crippen MR) is 106 cm³/mol. The van der Waals surface area contributed by atoms with Crippen LogP contribution in [-0.4, -0.2) is 31.6 Å². The summed E-state index contributed by atoms with van der Waals surface area (Å²) in [6.45, 7) is 5.47. The molecular formula is C20H23ClN2O4. The molecule has 2 aromatic rings. The van der Waals surface area contributed by atoms with Gasteiger partial charge in [0.05, 0.1) is 7.11 Å². The largest absolute Gasteiger partial charge is 0.493 e. The van der Waals surface area contributed by atoms with Gasteiger partial charge in [-0.05, 0) is 62.7 Å². The van der Waals surface area contributed by atoms with E-state index in [0.29, 0.717) is 27.8 Å². The Bertz CT molecular complexity index is 837. The molecule has 0 aliphatic rings. The molecule has 7 heteroatoms. The molecule has 2 N–H and O–H groups in total. The van der Waals surface area contributed by atoms with E-state index >= 15 is 0 Å². The van der Waals surface area contributed by atoms with Crippen molar-refractivity contribution in [3.8, 4) is 11.5 Å². The van der Waals surface area contributed by atoms with E-state index in [1.54, 1.807) is 36.4 Å². The Morgan fingerprint density at radius 1 is 1.11 bits per heavy atom. The van der Waals surface area contributed by atoms with Crippen molar-refractivity contribution in [1.29, 1.82) is 0 Å². The van der Waals surface area contributed by atoms with Crippen LogP contribution in [0.1, 0.15) is 29.8 Å². The van der Waals surface area contributed by atoms with Gasteiger partial charge in [-0.2, -0.15) is 0 Å². The van der Waals surface area contributed by atoms with E-state index in [1.807, 2.05) is 20.8 Å². The van der Waals surface area contributed by atoms with Crippen LogP contribution >= 0.6 is 11.6 Å². The van der Waals surface area contributed by atoms with Crippen molar-refractivity contribution < 1.29 is 19.1 Å². The van der Waals surface area contributed by atoms with Gasteiger partial charge in [0.25, 0.3) is 11.8 Å². The summed E-state index contributed by atoms with van der Waals surface area (Å²) in [6, 6.07) is 10.0. The second-order valence-corrected chi connectivity index (χ2v) is 6.73. The fourth-order valence-corrected chi connectivity index (χ4v) is 2.62. The van der Waals surface area contributed by atoms with Crippen LogP contribution in [0, 0.1) is 6.92 Å². The number of ether oxygens (including phenoxy) is 2. The Morgan fingerprint density at radius 2 is 1.85 bits per heavy atom. The number of carbonyl (C=O) groups is 2. The summed E-state index contributed by atoms with van der Waals surface area (Å²) < 4.78 is 10.8. The van der Waals surface area contributed by atoms with Gasteiger partial charge in [-0.3, -0.25) is 9.59 Å². The van der Waals surface area contributed by atoms with E-state index in [1.165, 1.54) is 7.11 Å². The number of hydrogen-bond acceptors (Lipinski definition) is 4. The standard InChI is InChI=1S/C20H23ClN2O4/c1-12(2)22-19(24)11-27-17-8-5-14(10-18(17)26-4)20(25)23-16-7-6-15(21)9-13(16)3/h5-10,12H,11H2,1-4H3,(H,22,24)(H,23,25). The van der Waals surface area contributed by atoms with Crippen LogP contribution in [0.3, 0.4) is 0 Å². The van der Waals surface area contributed by atoms with Crippen molar-refractivity contribution in [3.63, 3.8) is 0 Å². The first kappa shape index (κ1) is 20.6. The number of amides is 2. The SMILES string of the molecule is COc1cc(C(=O)Nc2ccc(Cl)cc2C)ccc1OCC(=O)NC(C)C. The van der Waals surface area contributed by atoms with Crippen molar-refractivity contribution in [2.75, 3.05) is 19.0 Å².